The molecule has 2 heterocycles. The fourth-order valence-corrected chi connectivity index (χ4v) is 5.09. The van der Waals surface area contributed by atoms with E-state index >= 15 is 0 Å². The number of nitrogens with zero attached hydrogens (tertiary/aromatic N) is 2. The number of halogens is 1. The number of carbonyl (C=O) groups excluding carboxylic acids is 1. The first kappa shape index (κ1) is 17.9. The molecule has 1 amide bonds. The van der Waals surface area contributed by atoms with Gasteiger partial charge in [-0.1, -0.05) is 13.8 Å². The molecule has 0 atom stereocenters. The maximum atomic E-state index is 12.4. The smallest absolute Gasteiger partial charge is 0.277 e. The first-order chi connectivity index (χ1) is 11.8. The van der Waals surface area contributed by atoms with Gasteiger partial charge in [-0.05, 0) is 52.5 Å². The lowest BCUT2D eigenvalue weighted by Crippen LogP contribution is -2.25. The minimum Gasteiger partial charge on any atom is -0.321 e. The van der Waals surface area contributed by atoms with Gasteiger partial charge >= 0.3 is 0 Å². The molecule has 1 aromatic heterocycles. The van der Waals surface area contributed by atoms with Gasteiger partial charge in [-0.2, -0.15) is 5.10 Å². The van der Waals surface area contributed by atoms with Crippen LogP contribution in [0.5, 0.6) is 0 Å². The number of rotatable bonds is 4. The second-order valence-electron chi connectivity index (χ2n) is 6.20. The van der Waals surface area contributed by atoms with Crippen molar-refractivity contribution in [1.29, 1.82) is 0 Å². The number of carbonyl (C=O) groups is 1. The molecule has 25 heavy (non-hydrogen) atoms. The first-order valence-electron chi connectivity index (χ1n) is 7.95. The number of sulfonamides is 1. The van der Waals surface area contributed by atoms with E-state index in [1.807, 2.05) is 13.8 Å². The summed E-state index contributed by atoms with van der Waals surface area (Å²) in [6, 6.07) is 6.76. The number of hydrogen-bond acceptors (Lipinski definition) is 4. The summed E-state index contributed by atoms with van der Waals surface area (Å²) in [5.41, 5.74) is 2.33. The largest absolute Gasteiger partial charge is 0.321 e. The number of hydrogen-bond donors (Lipinski definition) is 2. The van der Waals surface area contributed by atoms with Gasteiger partial charge < -0.3 is 5.32 Å². The normalized spacial score (nSPS) is 16.4. The summed E-state index contributed by atoms with van der Waals surface area (Å²) in [6.45, 7) is 4.50. The Bertz CT molecular complexity index is 891. The summed E-state index contributed by atoms with van der Waals surface area (Å²) in [5, 5.41) is 9.70. The number of benzene rings is 1. The number of amides is 1. The molecule has 1 aliphatic heterocycles. The van der Waals surface area contributed by atoms with E-state index in [9.17, 15) is 13.2 Å². The van der Waals surface area contributed by atoms with Crippen LogP contribution in [0, 0.1) is 0 Å². The van der Waals surface area contributed by atoms with Gasteiger partial charge in [0.15, 0.2) is 5.69 Å². The molecule has 0 radical (unpaired) electrons. The molecular weight excluding hydrogens is 408 g/mol. The lowest BCUT2D eigenvalue weighted by molar-refractivity contribution is 0.102. The highest BCUT2D eigenvalue weighted by atomic mass is 79.9. The van der Waals surface area contributed by atoms with Crippen molar-refractivity contribution in [2.24, 2.45) is 0 Å². The molecular formula is C16H19BrN4O3S. The molecule has 0 bridgehead atoms. The van der Waals surface area contributed by atoms with Crippen LogP contribution in [0.3, 0.4) is 0 Å². The minimum atomic E-state index is -3.20. The van der Waals surface area contributed by atoms with Crippen molar-refractivity contribution in [1.82, 2.24) is 10.2 Å². The van der Waals surface area contributed by atoms with Crippen molar-refractivity contribution >= 4 is 43.2 Å². The zero-order valence-electron chi connectivity index (χ0n) is 13.9. The highest BCUT2D eigenvalue weighted by molar-refractivity contribution is 9.10. The molecule has 1 fully saturated rings. The molecule has 1 aromatic carbocycles. The van der Waals surface area contributed by atoms with E-state index in [1.165, 1.54) is 4.31 Å². The van der Waals surface area contributed by atoms with Crippen molar-refractivity contribution in [3.05, 3.63) is 40.1 Å². The molecule has 0 saturated carbocycles. The Kier molecular flexibility index (Phi) is 4.88. The summed E-state index contributed by atoms with van der Waals surface area (Å²) in [6.07, 6.45) is 0.631. The zero-order chi connectivity index (χ0) is 18.2. The molecule has 7 nitrogen and oxygen atoms in total. The Morgan fingerprint density at radius 1 is 1.32 bits per heavy atom. The molecule has 0 aliphatic carbocycles. The number of H-pyrrole nitrogens is 1. The average Bonchev–Trinajstić information content (AvgIpc) is 3.10. The van der Waals surface area contributed by atoms with Gasteiger partial charge in [-0.15, -0.1) is 0 Å². The van der Waals surface area contributed by atoms with Crippen LogP contribution in [0.2, 0.25) is 0 Å². The zero-order valence-corrected chi connectivity index (χ0v) is 16.3. The van der Waals surface area contributed by atoms with E-state index < -0.39 is 10.0 Å². The van der Waals surface area contributed by atoms with Crippen molar-refractivity contribution in [2.45, 2.75) is 26.2 Å². The minimum absolute atomic E-state index is 0.177. The maximum Gasteiger partial charge on any atom is 0.277 e. The van der Waals surface area contributed by atoms with Gasteiger partial charge in [0.05, 0.1) is 21.6 Å². The summed E-state index contributed by atoms with van der Waals surface area (Å²) in [7, 11) is -3.20. The van der Waals surface area contributed by atoms with Gasteiger partial charge in [-0.3, -0.25) is 14.2 Å². The fraction of sp³-hybridized carbons (Fsp3) is 0.375. The van der Waals surface area contributed by atoms with Crippen LogP contribution in [0.4, 0.5) is 11.4 Å². The van der Waals surface area contributed by atoms with Crippen LogP contribution >= 0.6 is 15.9 Å². The molecule has 2 aromatic rings. The van der Waals surface area contributed by atoms with Crippen molar-refractivity contribution < 1.29 is 13.2 Å². The topological polar surface area (TPSA) is 95.2 Å². The highest BCUT2D eigenvalue weighted by Crippen LogP contribution is 2.27. The maximum absolute atomic E-state index is 12.4. The SMILES string of the molecule is CC(C)c1[nH]nc(C(=O)Nc2ccc(N3CCCS3(=O)=O)cc2)c1Br. The lowest BCUT2D eigenvalue weighted by atomic mass is 10.1. The van der Waals surface area contributed by atoms with Crippen molar-refractivity contribution in [3.63, 3.8) is 0 Å². The molecule has 0 spiro atoms. The van der Waals surface area contributed by atoms with E-state index in [0.717, 1.165) is 5.69 Å². The molecule has 3 rings (SSSR count). The molecule has 9 heteroatoms. The molecule has 2 N–H and O–H groups in total. The summed E-state index contributed by atoms with van der Waals surface area (Å²) in [5.74, 6) is 0.0540. The van der Waals surface area contributed by atoms with Gasteiger partial charge in [-0.25, -0.2) is 8.42 Å². The van der Waals surface area contributed by atoms with E-state index in [2.05, 4.69) is 31.4 Å². The fourth-order valence-electron chi connectivity index (χ4n) is 2.71. The van der Waals surface area contributed by atoms with E-state index in [4.69, 9.17) is 0 Å². The van der Waals surface area contributed by atoms with E-state index in [-0.39, 0.29) is 23.3 Å². The third-order valence-electron chi connectivity index (χ3n) is 4.04. The third-order valence-corrected chi connectivity index (χ3v) is 6.71. The molecule has 134 valence electrons. The Morgan fingerprint density at radius 2 is 2.00 bits per heavy atom. The Balaban J connectivity index is 1.74. The summed E-state index contributed by atoms with van der Waals surface area (Å²) < 4.78 is 25.9. The van der Waals surface area contributed by atoms with Crippen molar-refractivity contribution in [3.8, 4) is 0 Å². The van der Waals surface area contributed by atoms with Gasteiger partial charge in [0.25, 0.3) is 5.91 Å². The predicted octanol–water partition coefficient (Wildman–Crippen LogP) is 3.09. The van der Waals surface area contributed by atoms with Crippen LogP contribution in [0.15, 0.2) is 28.7 Å². The standard InChI is InChI=1S/C16H19BrN4O3S/c1-10(2)14-13(17)15(20-19-14)16(22)18-11-4-6-12(7-5-11)21-8-3-9-25(21,23)24/h4-7,10H,3,8-9H2,1-2H3,(H,18,22)(H,19,20). The van der Waals surface area contributed by atoms with Crippen molar-refractivity contribution in [2.75, 3.05) is 21.9 Å². The Hall–Kier alpha value is -1.87. The monoisotopic (exact) mass is 426 g/mol. The highest BCUT2D eigenvalue weighted by Gasteiger charge is 2.28. The van der Waals surface area contributed by atoms with Crippen LogP contribution in [0.25, 0.3) is 0 Å². The quantitative estimate of drug-likeness (QED) is 0.784. The summed E-state index contributed by atoms with van der Waals surface area (Å²) >= 11 is 3.41. The summed E-state index contributed by atoms with van der Waals surface area (Å²) in [4.78, 5) is 12.4. The first-order valence-corrected chi connectivity index (χ1v) is 10.4. The lowest BCUT2D eigenvalue weighted by Gasteiger charge is -2.17. The number of aromatic amines is 1. The Labute approximate surface area is 155 Å². The predicted molar refractivity (Wildman–Crippen MR) is 101 cm³/mol. The Morgan fingerprint density at radius 3 is 2.52 bits per heavy atom. The number of nitrogens with one attached hydrogen (secondary N) is 2. The van der Waals surface area contributed by atoms with Crippen LogP contribution in [-0.2, 0) is 10.0 Å². The molecule has 0 unspecified atom stereocenters. The van der Waals surface area contributed by atoms with Crippen LogP contribution < -0.4 is 9.62 Å². The second-order valence-corrected chi connectivity index (χ2v) is 9.00. The van der Waals surface area contributed by atoms with E-state index in [0.29, 0.717) is 28.8 Å². The second kappa shape index (κ2) is 6.80. The number of aromatic nitrogens is 2. The van der Waals surface area contributed by atoms with Gasteiger partial charge in [0.2, 0.25) is 10.0 Å². The van der Waals surface area contributed by atoms with Crippen LogP contribution in [0.1, 0.15) is 42.4 Å². The van der Waals surface area contributed by atoms with Crippen LogP contribution in [-0.4, -0.2) is 36.8 Å². The van der Waals surface area contributed by atoms with Gasteiger partial charge in [0.1, 0.15) is 0 Å². The average molecular weight is 427 g/mol. The number of anilines is 2. The van der Waals surface area contributed by atoms with E-state index in [1.54, 1.807) is 24.3 Å². The molecule has 1 aliphatic rings. The third kappa shape index (κ3) is 3.57. The molecule has 1 saturated heterocycles. The van der Waals surface area contributed by atoms with Gasteiger partial charge in [0, 0.05) is 12.2 Å².